The number of benzene rings is 2. The normalized spacial score (nSPS) is 17.8. The Hall–Kier alpha value is -2.53. The van der Waals surface area contributed by atoms with Crippen LogP contribution in [0.15, 0.2) is 59.6 Å². The van der Waals surface area contributed by atoms with E-state index in [9.17, 15) is 14.0 Å². The van der Waals surface area contributed by atoms with Crippen molar-refractivity contribution in [1.82, 2.24) is 5.06 Å². The van der Waals surface area contributed by atoms with Crippen LogP contribution in [0.1, 0.15) is 25.0 Å². The van der Waals surface area contributed by atoms with Crippen LogP contribution in [0.25, 0.3) is 5.70 Å². The average molecular weight is 328 g/mol. The van der Waals surface area contributed by atoms with Crippen LogP contribution >= 0.6 is 0 Å². The molecule has 1 aliphatic rings. The zero-order valence-corrected chi connectivity index (χ0v) is 13.4. The Kier molecular flexibility index (Phi) is 4.44. The monoisotopic (exact) mass is 328 g/mol. The molecule has 1 atom stereocenters. The van der Waals surface area contributed by atoms with E-state index in [1.165, 1.54) is 24.3 Å². The summed E-state index contributed by atoms with van der Waals surface area (Å²) < 4.78 is 26.3. The predicted molar refractivity (Wildman–Crippen MR) is 89.6 cm³/mol. The fraction of sp³-hybridized carbons (Fsp3) is 0.211. The molecule has 1 aliphatic heterocycles. The Labute approximate surface area is 139 Å². The van der Waals surface area contributed by atoms with Crippen molar-refractivity contribution in [3.05, 3.63) is 77.4 Å². The minimum absolute atomic E-state index is 0.0506. The highest BCUT2D eigenvalue weighted by atomic mass is 19.1. The van der Waals surface area contributed by atoms with Crippen LogP contribution in [0, 0.1) is 17.6 Å². The second-order valence-electron chi connectivity index (χ2n) is 6.06. The van der Waals surface area contributed by atoms with Crippen LogP contribution in [0.2, 0.25) is 0 Å². The molecular weight excluding hydrogens is 310 g/mol. The first-order valence-corrected chi connectivity index (χ1v) is 7.75. The largest absolute Gasteiger partial charge is 0.286 e. The van der Waals surface area contributed by atoms with E-state index in [0.717, 1.165) is 10.6 Å². The first kappa shape index (κ1) is 16.3. The van der Waals surface area contributed by atoms with E-state index in [-0.39, 0.29) is 17.6 Å². The Morgan fingerprint density at radius 3 is 1.92 bits per heavy atom. The van der Waals surface area contributed by atoms with Gasteiger partial charge >= 0.3 is 0 Å². The van der Waals surface area contributed by atoms with Crippen molar-refractivity contribution >= 4 is 11.4 Å². The molecule has 0 bridgehead atoms. The van der Waals surface area contributed by atoms with Gasteiger partial charge in [0.15, 0.2) is 0 Å². The molecule has 0 aromatic heterocycles. The highest BCUT2D eigenvalue weighted by Crippen LogP contribution is 2.29. The maximum Gasteiger partial charge on any atom is 0.148 e. The lowest BCUT2D eigenvalue weighted by molar-refractivity contribution is -0.0778. The molecule has 3 nitrogen and oxygen atoms in total. The van der Waals surface area contributed by atoms with Gasteiger partial charge in [0.2, 0.25) is 0 Å². The van der Waals surface area contributed by atoms with Gasteiger partial charge in [0.1, 0.15) is 17.8 Å². The van der Waals surface area contributed by atoms with Crippen molar-refractivity contribution in [2.75, 3.05) is 0 Å². The minimum atomic E-state index is -0.477. The third-order valence-electron chi connectivity index (χ3n) is 3.92. The molecule has 0 aliphatic carbocycles. The number of hydrogen-bond acceptors (Lipinski definition) is 3. The molecule has 0 saturated heterocycles. The summed E-state index contributed by atoms with van der Waals surface area (Å²) in [5, 5.41) is 11.6. The van der Waals surface area contributed by atoms with Crippen molar-refractivity contribution < 1.29 is 14.0 Å². The Balaban J connectivity index is 2.07. The van der Waals surface area contributed by atoms with Crippen LogP contribution in [-0.2, 0) is 0 Å². The van der Waals surface area contributed by atoms with Gasteiger partial charge in [0.05, 0.1) is 11.4 Å². The summed E-state index contributed by atoms with van der Waals surface area (Å²) in [6.45, 7) is 3.90. The number of aliphatic imine (C=N–C) groups is 1. The smallest absolute Gasteiger partial charge is 0.148 e. The van der Waals surface area contributed by atoms with Crippen LogP contribution in [-0.4, -0.2) is 22.1 Å². The van der Waals surface area contributed by atoms with Gasteiger partial charge < -0.3 is 0 Å². The third-order valence-corrected chi connectivity index (χ3v) is 3.92. The van der Waals surface area contributed by atoms with E-state index >= 15 is 0 Å². The van der Waals surface area contributed by atoms with Crippen molar-refractivity contribution in [2.24, 2.45) is 10.9 Å². The molecule has 124 valence electrons. The van der Waals surface area contributed by atoms with Gasteiger partial charge in [0.25, 0.3) is 0 Å². The van der Waals surface area contributed by atoms with Gasteiger partial charge in [-0.1, -0.05) is 13.8 Å². The molecular formula is C19H18F2N2O. The SMILES string of the molecule is CC(C)C1N=C(c2ccc(F)cc2)C=C(c2ccc(F)cc2)N1O. The lowest BCUT2D eigenvalue weighted by Gasteiger charge is -2.33. The summed E-state index contributed by atoms with van der Waals surface area (Å²) in [4.78, 5) is 4.58. The number of allylic oxidation sites excluding steroid dienone is 1. The summed E-state index contributed by atoms with van der Waals surface area (Å²) in [6.07, 6.45) is 1.24. The summed E-state index contributed by atoms with van der Waals surface area (Å²) in [6, 6.07) is 12.0. The van der Waals surface area contributed by atoms with Crippen LogP contribution in [0.4, 0.5) is 8.78 Å². The predicted octanol–water partition coefficient (Wildman–Crippen LogP) is 4.48. The molecule has 3 rings (SSSR count). The quantitative estimate of drug-likeness (QED) is 0.901. The van der Waals surface area contributed by atoms with Crippen molar-refractivity contribution in [3.63, 3.8) is 0 Å². The molecule has 0 saturated carbocycles. The highest BCUT2D eigenvalue weighted by molar-refractivity contribution is 6.12. The lowest BCUT2D eigenvalue weighted by Crippen LogP contribution is -2.37. The van der Waals surface area contributed by atoms with Crippen LogP contribution < -0.4 is 0 Å². The average Bonchev–Trinajstić information content (AvgIpc) is 2.56. The lowest BCUT2D eigenvalue weighted by atomic mass is 10.0. The molecule has 0 spiro atoms. The standard InChI is InChI=1S/C19H18F2N2O/c1-12(2)19-22-17(13-3-7-15(20)8-4-13)11-18(23(19)24)14-5-9-16(21)10-6-14/h3-12,19,24H,1-2H3. The van der Waals surface area contributed by atoms with Gasteiger partial charge in [-0.05, 0) is 60.5 Å². The van der Waals surface area contributed by atoms with Crippen molar-refractivity contribution in [1.29, 1.82) is 0 Å². The number of halogens is 2. The zero-order chi connectivity index (χ0) is 17.3. The van der Waals surface area contributed by atoms with Gasteiger partial charge in [0, 0.05) is 11.1 Å². The van der Waals surface area contributed by atoms with Crippen LogP contribution in [0.5, 0.6) is 0 Å². The molecule has 1 heterocycles. The Morgan fingerprint density at radius 2 is 1.42 bits per heavy atom. The van der Waals surface area contributed by atoms with E-state index in [1.54, 1.807) is 30.3 Å². The van der Waals surface area contributed by atoms with E-state index in [4.69, 9.17) is 0 Å². The van der Waals surface area contributed by atoms with Crippen LogP contribution in [0.3, 0.4) is 0 Å². The maximum atomic E-state index is 13.2. The minimum Gasteiger partial charge on any atom is -0.286 e. The molecule has 5 heteroatoms. The summed E-state index contributed by atoms with van der Waals surface area (Å²) in [7, 11) is 0. The number of hydroxylamine groups is 2. The van der Waals surface area contributed by atoms with Crippen molar-refractivity contribution in [2.45, 2.75) is 20.0 Å². The molecule has 0 amide bonds. The molecule has 2 aromatic carbocycles. The van der Waals surface area contributed by atoms with Crippen molar-refractivity contribution in [3.8, 4) is 0 Å². The van der Waals surface area contributed by atoms with Gasteiger partial charge in [-0.25, -0.2) is 13.8 Å². The zero-order valence-electron chi connectivity index (χ0n) is 13.4. The van der Waals surface area contributed by atoms with Gasteiger partial charge in [-0.15, -0.1) is 0 Å². The molecule has 1 unspecified atom stereocenters. The number of hydrogen-bond donors (Lipinski definition) is 1. The van der Waals surface area contributed by atoms with E-state index in [2.05, 4.69) is 4.99 Å². The highest BCUT2D eigenvalue weighted by Gasteiger charge is 2.27. The summed E-state index contributed by atoms with van der Waals surface area (Å²) >= 11 is 0. The van der Waals surface area contributed by atoms with Gasteiger partial charge in [-0.3, -0.25) is 10.2 Å². The van der Waals surface area contributed by atoms with Gasteiger partial charge in [-0.2, -0.15) is 0 Å². The first-order valence-electron chi connectivity index (χ1n) is 7.75. The molecule has 24 heavy (non-hydrogen) atoms. The van der Waals surface area contributed by atoms with E-state index < -0.39 is 6.17 Å². The van der Waals surface area contributed by atoms with E-state index in [1.807, 2.05) is 13.8 Å². The second kappa shape index (κ2) is 6.53. The summed E-state index contributed by atoms with van der Waals surface area (Å²) in [5.41, 5.74) is 2.62. The Morgan fingerprint density at radius 1 is 0.917 bits per heavy atom. The topological polar surface area (TPSA) is 35.8 Å². The number of nitrogens with zero attached hydrogens (tertiary/aromatic N) is 2. The maximum absolute atomic E-state index is 13.2. The Bertz CT molecular complexity index is 780. The third kappa shape index (κ3) is 3.21. The number of rotatable bonds is 3. The summed E-state index contributed by atoms with van der Waals surface area (Å²) in [5.74, 6) is -0.607. The molecule has 0 radical (unpaired) electrons. The fourth-order valence-electron chi connectivity index (χ4n) is 2.62. The molecule has 1 N–H and O–H groups in total. The van der Waals surface area contributed by atoms with E-state index in [0.29, 0.717) is 17.0 Å². The molecule has 2 aromatic rings. The first-order chi connectivity index (χ1) is 11.5. The second-order valence-corrected chi connectivity index (χ2v) is 6.06. The molecule has 0 fully saturated rings. The fourth-order valence-corrected chi connectivity index (χ4v) is 2.62.